The zero-order valence-electron chi connectivity index (χ0n) is 11.0. The van der Waals surface area contributed by atoms with Crippen LogP contribution in [0.5, 0.6) is 5.75 Å². The van der Waals surface area contributed by atoms with Crippen LogP contribution in [-0.2, 0) is 0 Å². The van der Waals surface area contributed by atoms with Gasteiger partial charge in [0.1, 0.15) is 5.75 Å². The third kappa shape index (κ3) is 3.43. The number of carbonyl (C=O) groups excluding carboxylic acids is 1. The van der Waals surface area contributed by atoms with Crippen LogP contribution in [0, 0.1) is 10.5 Å². The molecule has 20 heavy (non-hydrogen) atoms. The third-order valence-corrected chi connectivity index (χ3v) is 3.82. The molecular weight excluding hydrogens is 389 g/mol. The van der Waals surface area contributed by atoms with Gasteiger partial charge in [0.25, 0.3) is 5.91 Å². The van der Waals surface area contributed by atoms with Crippen LogP contribution in [0.1, 0.15) is 15.9 Å². The van der Waals surface area contributed by atoms with E-state index >= 15 is 0 Å². The minimum atomic E-state index is -0.195. The van der Waals surface area contributed by atoms with E-state index in [0.29, 0.717) is 16.3 Å². The average molecular weight is 402 g/mol. The van der Waals surface area contributed by atoms with Gasteiger partial charge >= 0.3 is 0 Å². The van der Waals surface area contributed by atoms with Crippen LogP contribution in [0.25, 0.3) is 0 Å². The van der Waals surface area contributed by atoms with Gasteiger partial charge in [-0.2, -0.15) is 0 Å². The van der Waals surface area contributed by atoms with Gasteiger partial charge in [0.05, 0.1) is 12.1 Å². The molecule has 0 heterocycles. The zero-order valence-corrected chi connectivity index (χ0v) is 13.9. The van der Waals surface area contributed by atoms with Crippen LogP contribution >= 0.6 is 34.2 Å². The summed E-state index contributed by atoms with van der Waals surface area (Å²) in [6.45, 7) is 1.96. The van der Waals surface area contributed by atoms with E-state index in [-0.39, 0.29) is 5.91 Å². The van der Waals surface area contributed by atoms with Gasteiger partial charge in [-0.3, -0.25) is 4.79 Å². The Labute approximate surface area is 136 Å². The number of amides is 1. The summed E-state index contributed by atoms with van der Waals surface area (Å²) in [6, 6.07) is 10.8. The minimum Gasteiger partial charge on any atom is -0.495 e. The van der Waals surface area contributed by atoms with Crippen LogP contribution in [0.3, 0.4) is 0 Å². The summed E-state index contributed by atoms with van der Waals surface area (Å²) < 4.78 is 6.20. The van der Waals surface area contributed by atoms with Crippen LogP contribution in [0.4, 0.5) is 5.69 Å². The van der Waals surface area contributed by atoms with Gasteiger partial charge in [-0.05, 0) is 71.5 Å². The van der Waals surface area contributed by atoms with E-state index in [4.69, 9.17) is 16.3 Å². The highest BCUT2D eigenvalue weighted by Crippen LogP contribution is 2.25. The molecule has 0 unspecified atom stereocenters. The molecule has 0 atom stereocenters. The summed E-state index contributed by atoms with van der Waals surface area (Å²) in [7, 11) is 1.54. The van der Waals surface area contributed by atoms with Gasteiger partial charge in [0.2, 0.25) is 0 Å². The van der Waals surface area contributed by atoms with Gasteiger partial charge in [-0.25, -0.2) is 0 Å². The Bertz CT molecular complexity index is 658. The Morgan fingerprint density at radius 2 is 2.00 bits per heavy atom. The molecule has 2 aromatic carbocycles. The van der Waals surface area contributed by atoms with Crippen molar-refractivity contribution in [1.29, 1.82) is 0 Å². The second-order valence-electron chi connectivity index (χ2n) is 4.26. The molecule has 3 nitrogen and oxygen atoms in total. The largest absolute Gasteiger partial charge is 0.495 e. The van der Waals surface area contributed by atoms with Crippen molar-refractivity contribution in [3.63, 3.8) is 0 Å². The Morgan fingerprint density at radius 3 is 2.60 bits per heavy atom. The first kappa shape index (κ1) is 15.1. The minimum absolute atomic E-state index is 0.195. The lowest BCUT2D eigenvalue weighted by Gasteiger charge is -2.10. The maximum Gasteiger partial charge on any atom is 0.255 e. The normalized spacial score (nSPS) is 10.2. The van der Waals surface area contributed by atoms with Gasteiger partial charge in [0.15, 0.2) is 0 Å². The molecule has 0 radical (unpaired) electrons. The molecule has 0 saturated carbocycles. The monoisotopic (exact) mass is 401 g/mol. The van der Waals surface area contributed by atoms with Crippen molar-refractivity contribution in [2.45, 2.75) is 6.92 Å². The maximum atomic E-state index is 12.2. The van der Waals surface area contributed by atoms with Gasteiger partial charge in [-0.15, -0.1) is 0 Å². The molecular formula is C15H13ClINO2. The number of halogens is 2. The number of hydrogen-bond donors (Lipinski definition) is 1. The first-order chi connectivity index (χ1) is 9.51. The molecule has 1 amide bonds. The molecule has 2 aromatic rings. The van der Waals surface area contributed by atoms with E-state index in [1.165, 1.54) is 7.11 Å². The summed E-state index contributed by atoms with van der Waals surface area (Å²) in [5, 5.41) is 3.29. The number of ether oxygens (including phenoxy) is 1. The fourth-order valence-corrected chi connectivity index (χ4v) is 2.67. The number of hydrogen-bond acceptors (Lipinski definition) is 2. The van der Waals surface area contributed by atoms with Crippen LogP contribution < -0.4 is 10.1 Å². The lowest BCUT2D eigenvalue weighted by Crippen LogP contribution is -2.12. The molecule has 0 fully saturated rings. The topological polar surface area (TPSA) is 38.3 Å². The van der Waals surface area contributed by atoms with Crippen molar-refractivity contribution in [1.82, 2.24) is 0 Å². The molecule has 5 heteroatoms. The number of methoxy groups -OCH3 is 1. The number of aryl methyl sites for hydroxylation is 1. The van der Waals surface area contributed by atoms with E-state index in [0.717, 1.165) is 14.8 Å². The van der Waals surface area contributed by atoms with Crippen molar-refractivity contribution >= 4 is 45.8 Å². The summed E-state index contributed by atoms with van der Waals surface area (Å²) in [6.07, 6.45) is 0. The highest BCUT2D eigenvalue weighted by atomic mass is 127. The van der Waals surface area contributed by atoms with E-state index < -0.39 is 0 Å². The number of benzene rings is 2. The summed E-state index contributed by atoms with van der Waals surface area (Å²) >= 11 is 8.26. The molecule has 0 saturated heterocycles. The summed E-state index contributed by atoms with van der Waals surface area (Å²) in [4.78, 5) is 12.2. The Morgan fingerprint density at radius 1 is 1.25 bits per heavy atom. The number of carbonyl (C=O) groups is 1. The summed E-state index contributed by atoms with van der Waals surface area (Å²) in [5.74, 6) is 0.354. The fraction of sp³-hybridized carbons (Fsp3) is 0.133. The van der Waals surface area contributed by atoms with E-state index in [1.807, 2.05) is 25.1 Å². The van der Waals surface area contributed by atoms with Gasteiger partial charge in [-0.1, -0.05) is 11.6 Å². The second-order valence-corrected chi connectivity index (χ2v) is 5.92. The molecule has 0 spiro atoms. The lowest BCUT2D eigenvalue weighted by molar-refractivity contribution is 0.102. The molecule has 1 N–H and O–H groups in total. The quantitative estimate of drug-likeness (QED) is 0.768. The van der Waals surface area contributed by atoms with Crippen molar-refractivity contribution < 1.29 is 9.53 Å². The average Bonchev–Trinajstić information content (AvgIpc) is 2.41. The highest BCUT2D eigenvalue weighted by Gasteiger charge is 2.10. The number of anilines is 1. The second kappa shape index (κ2) is 6.45. The smallest absolute Gasteiger partial charge is 0.255 e. The third-order valence-electron chi connectivity index (χ3n) is 2.85. The van der Waals surface area contributed by atoms with E-state index in [1.54, 1.807) is 18.2 Å². The summed E-state index contributed by atoms with van der Waals surface area (Å²) in [5.41, 5.74) is 2.31. The molecule has 0 aromatic heterocycles. The molecule has 104 valence electrons. The van der Waals surface area contributed by atoms with Crippen molar-refractivity contribution in [2.75, 3.05) is 12.4 Å². The maximum absolute atomic E-state index is 12.2. The van der Waals surface area contributed by atoms with Crippen molar-refractivity contribution in [2.24, 2.45) is 0 Å². The first-order valence-corrected chi connectivity index (χ1v) is 7.38. The SMILES string of the molecule is COc1ccc(C(=O)Nc2ccc(I)cc2C)cc1Cl. The number of rotatable bonds is 3. The lowest BCUT2D eigenvalue weighted by atomic mass is 10.1. The fourth-order valence-electron chi connectivity index (χ4n) is 1.77. The van der Waals surface area contributed by atoms with Crippen molar-refractivity contribution in [3.05, 3.63) is 56.1 Å². The van der Waals surface area contributed by atoms with Crippen LogP contribution in [-0.4, -0.2) is 13.0 Å². The van der Waals surface area contributed by atoms with E-state index in [9.17, 15) is 4.79 Å². The van der Waals surface area contributed by atoms with Crippen LogP contribution in [0.2, 0.25) is 5.02 Å². The Balaban J connectivity index is 2.21. The Kier molecular flexibility index (Phi) is 4.88. The molecule has 0 aliphatic heterocycles. The molecule has 0 aliphatic carbocycles. The first-order valence-electron chi connectivity index (χ1n) is 5.92. The van der Waals surface area contributed by atoms with Crippen LogP contribution in [0.15, 0.2) is 36.4 Å². The molecule has 0 aliphatic rings. The van der Waals surface area contributed by atoms with Crippen molar-refractivity contribution in [3.8, 4) is 5.75 Å². The molecule has 0 bridgehead atoms. The van der Waals surface area contributed by atoms with Gasteiger partial charge in [0, 0.05) is 14.8 Å². The van der Waals surface area contributed by atoms with E-state index in [2.05, 4.69) is 27.9 Å². The standard InChI is InChI=1S/C15H13ClINO2/c1-9-7-11(17)4-5-13(9)18-15(19)10-3-6-14(20-2)12(16)8-10/h3-8H,1-2H3,(H,18,19). The Hall–Kier alpha value is -1.27. The highest BCUT2D eigenvalue weighted by molar-refractivity contribution is 14.1. The molecule has 2 rings (SSSR count). The predicted molar refractivity (Wildman–Crippen MR) is 89.9 cm³/mol. The zero-order chi connectivity index (χ0) is 14.7. The number of nitrogens with one attached hydrogen (secondary N) is 1. The predicted octanol–water partition coefficient (Wildman–Crippen LogP) is 4.51. The van der Waals surface area contributed by atoms with Gasteiger partial charge < -0.3 is 10.1 Å².